The highest BCUT2D eigenvalue weighted by Gasteiger charge is 2.19. The fourth-order valence-corrected chi connectivity index (χ4v) is 2.62. The Hall–Kier alpha value is -2.05. The molecule has 0 aliphatic carbocycles. The summed E-state index contributed by atoms with van der Waals surface area (Å²) in [5.41, 5.74) is 6.78. The lowest BCUT2D eigenvalue weighted by molar-refractivity contribution is -0.117. The van der Waals surface area contributed by atoms with Gasteiger partial charge in [-0.05, 0) is 18.2 Å². The SMILES string of the molecule is Nc1ccc(NC(=O)CN2CCn3ccnc3C2)c(Cl)c1. The Morgan fingerprint density at radius 1 is 1.43 bits per heavy atom. The van der Waals surface area contributed by atoms with Gasteiger partial charge in [-0.1, -0.05) is 11.6 Å². The van der Waals surface area contributed by atoms with E-state index < -0.39 is 0 Å². The van der Waals surface area contributed by atoms with Crippen LogP contribution in [0.15, 0.2) is 30.6 Å². The van der Waals surface area contributed by atoms with Gasteiger partial charge in [-0.3, -0.25) is 9.69 Å². The van der Waals surface area contributed by atoms with Crippen LogP contribution in [0, 0.1) is 0 Å². The number of aromatic nitrogens is 2. The second-order valence-corrected chi connectivity index (χ2v) is 5.44. The molecule has 0 atom stereocenters. The standard InChI is InChI=1S/C14H16ClN5O/c15-11-7-10(16)1-2-12(11)18-14(21)9-19-5-6-20-4-3-17-13(20)8-19/h1-4,7H,5-6,8-9,16H2,(H,18,21). The zero-order valence-electron chi connectivity index (χ0n) is 11.4. The smallest absolute Gasteiger partial charge is 0.238 e. The van der Waals surface area contributed by atoms with Gasteiger partial charge in [0.15, 0.2) is 0 Å². The van der Waals surface area contributed by atoms with Crippen LogP contribution in [0.3, 0.4) is 0 Å². The van der Waals surface area contributed by atoms with Crippen LogP contribution in [0.5, 0.6) is 0 Å². The highest BCUT2D eigenvalue weighted by atomic mass is 35.5. The van der Waals surface area contributed by atoms with Crippen LogP contribution < -0.4 is 11.1 Å². The molecule has 21 heavy (non-hydrogen) atoms. The molecule has 0 saturated heterocycles. The Balaban J connectivity index is 1.60. The summed E-state index contributed by atoms with van der Waals surface area (Å²) < 4.78 is 2.10. The van der Waals surface area contributed by atoms with Gasteiger partial charge in [0.25, 0.3) is 0 Å². The second-order valence-electron chi connectivity index (χ2n) is 5.03. The molecule has 3 N–H and O–H groups in total. The molecule has 1 amide bonds. The number of imidazole rings is 1. The van der Waals surface area contributed by atoms with Crippen molar-refractivity contribution in [3.8, 4) is 0 Å². The number of nitrogens with one attached hydrogen (secondary N) is 1. The van der Waals surface area contributed by atoms with E-state index in [1.54, 1.807) is 24.4 Å². The highest BCUT2D eigenvalue weighted by Crippen LogP contribution is 2.24. The zero-order valence-corrected chi connectivity index (χ0v) is 12.2. The Bertz CT molecular complexity index is 669. The number of anilines is 2. The first kappa shape index (κ1) is 13.9. The van der Waals surface area contributed by atoms with Gasteiger partial charge in [-0.25, -0.2) is 4.98 Å². The maximum Gasteiger partial charge on any atom is 0.238 e. The number of nitrogens with zero attached hydrogens (tertiary/aromatic N) is 3. The van der Waals surface area contributed by atoms with Crippen molar-refractivity contribution in [3.05, 3.63) is 41.4 Å². The molecular formula is C14H16ClN5O. The summed E-state index contributed by atoms with van der Waals surface area (Å²) in [4.78, 5) is 18.4. The van der Waals surface area contributed by atoms with Crippen molar-refractivity contribution in [1.29, 1.82) is 0 Å². The summed E-state index contributed by atoms with van der Waals surface area (Å²) in [6, 6.07) is 5.03. The molecule has 0 bridgehead atoms. The highest BCUT2D eigenvalue weighted by molar-refractivity contribution is 6.34. The summed E-state index contributed by atoms with van der Waals surface area (Å²) in [6.45, 7) is 2.67. The summed E-state index contributed by atoms with van der Waals surface area (Å²) in [7, 11) is 0. The molecule has 1 aliphatic rings. The number of amides is 1. The van der Waals surface area contributed by atoms with Gasteiger partial charge >= 0.3 is 0 Å². The fraction of sp³-hybridized carbons (Fsp3) is 0.286. The molecule has 0 fully saturated rings. The number of nitrogen functional groups attached to an aromatic ring is 1. The van der Waals surface area contributed by atoms with Gasteiger partial charge in [-0.2, -0.15) is 0 Å². The number of carbonyl (C=O) groups excluding carboxylic acids is 1. The van der Waals surface area contributed by atoms with Crippen molar-refractivity contribution < 1.29 is 4.79 Å². The van der Waals surface area contributed by atoms with Crippen LogP contribution in [-0.4, -0.2) is 33.4 Å². The van der Waals surface area contributed by atoms with Gasteiger partial charge in [0.2, 0.25) is 5.91 Å². The largest absolute Gasteiger partial charge is 0.399 e. The molecule has 2 aromatic rings. The quantitative estimate of drug-likeness (QED) is 0.844. The Kier molecular flexibility index (Phi) is 3.81. The van der Waals surface area contributed by atoms with Gasteiger partial charge in [-0.15, -0.1) is 0 Å². The molecule has 0 saturated carbocycles. The number of carbonyl (C=O) groups is 1. The third-order valence-corrected chi connectivity index (χ3v) is 3.77. The molecule has 1 aromatic heterocycles. The fourth-order valence-electron chi connectivity index (χ4n) is 2.38. The molecule has 1 aliphatic heterocycles. The number of hydrogen-bond donors (Lipinski definition) is 2. The van der Waals surface area contributed by atoms with Gasteiger partial charge in [0.1, 0.15) is 5.82 Å². The van der Waals surface area contributed by atoms with Crippen LogP contribution in [0.1, 0.15) is 5.82 Å². The first-order valence-electron chi connectivity index (χ1n) is 6.69. The van der Waals surface area contributed by atoms with E-state index >= 15 is 0 Å². The minimum Gasteiger partial charge on any atom is -0.399 e. The number of hydrogen-bond acceptors (Lipinski definition) is 4. The minimum absolute atomic E-state index is 0.0957. The molecule has 0 unspecified atom stereocenters. The molecule has 2 heterocycles. The average Bonchev–Trinajstić information content (AvgIpc) is 2.89. The Labute approximate surface area is 127 Å². The third kappa shape index (κ3) is 3.17. The van der Waals surface area contributed by atoms with E-state index in [9.17, 15) is 4.79 Å². The van der Waals surface area contributed by atoms with Crippen molar-refractivity contribution in [2.24, 2.45) is 0 Å². The lowest BCUT2D eigenvalue weighted by Crippen LogP contribution is -2.39. The van der Waals surface area contributed by atoms with E-state index in [2.05, 4.69) is 19.8 Å². The molecule has 0 spiro atoms. The monoisotopic (exact) mass is 305 g/mol. The van der Waals surface area contributed by atoms with Gasteiger partial charge in [0, 0.05) is 31.2 Å². The molecule has 3 rings (SSSR count). The van der Waals surface area contributed by atoms with Crippen LogP contribution >= 0.6 is 11.6 Å². The Morgan fingerprint density at radius 3 is 3.10 bits per heavy atom. The summed E-state index contributed by atoms with van der Waals surface area (Å²) in [6.07, 6.45) is 3.74. The summed E-state index contributed by atoms with van der Waals surface area (Å²) in [5.74, 6) is 0.890. The molecule has 6 nitrogen and oxygen atoms in total. The van der Waals surface area contributed by atoms with Crippen molar-refractivity contribution in [2.45, 2.75) is 13.1 Å². The molecule has 1 aromatic carbocycles. The van der Waals surface area contributed by atoms with Crippen molar-refractivity contribution >= 4 is 28.9 Å². The Morgan fingerprint density at radius 2 is 2.29 bits per heavy atom. The lowest BCUT2D eigenvalue weighted by Gasteiger charge is -2.26. The predicted octanol–water partition coefficient (Wildman–Crippen LogP) is 1.57. The van der Waals surface area contributed by atoms with E-state index in [4.69, 9.17) is 17.3 Å². The molecule has 7 heteroatoms. The molecule has 0 radical (unpaired) electrons. The van der Waals surface area contributed by atoms with E-state index in [1.807, 2.05) is 6.20 Å². The number of benzene rings is 1. The van der Waals surface area contributed by atoms with E-state index in [0.29, 0.717) is 29.5 Å². The second kappa shape index (κ2) is 5.75. The average molecular weight is 306 g/mol. The lowest BCUT2D eigenvalue weighted by atomic mass is 10.2. The molecule has 110 valence electrons. The van der Waals surface area contributed by atoms with E-state index in [1.165, 1.54) is 0 Å². The first-order chi connectivity index (χ1) is 10.1. The van der Waals surface area contributed by atoms with Crippen LogP contribution in [0.2, 0.25) is 5.02 Å². The summed E-state index contributed by atoms with van der Waals surface area (Å²) >= 11 is 6.05. The molecular weight excluding hydrogens is 290 g/mol. The van der Waals surface area contributed by atoms with Crippen molar-refractivity contribution in [3.63, 3.8) is 0 Å². The third-order valence-electron chi connectivity index (χ3n) is 3.46. The van der Waals surface area contributed by atoms with Crippen molar-refractivity contribution in [1.82, 2.24) is 14.5 Å². The zero-order chi connectivity index (χ0) is 14.8. The normalized spacial score (nSPS) is 14.7. The number of fused-ring (bicyclic) bond motifs is 1. The van der Waals surface area contributed by atoms with Crippen molar-refractivity contribution in [2.75, 3.05) is 24.1 Å². The topological polar surface area (TPSA) is 76.2 Å². The number of nitrogens with two attached hydrogens (primary N) is 1. The van der Waals surface area contributed by atoms with Crippen LogP contribution in [-0.2, 0) is 17.9 Å². The van der Waals surface area contributed by atoms with E-state index in [0.717, 1.165) is 18.9 Å². The number of rotatable bonds is 3. The van der Waals surface area contributed by atoms with E-state index in [-0.39, 0.29) is 5.91 Å². The van der Waals surface area contributed by atoms with Crippen LogP contribution in [0.4, 0.5) is 11.4 Å². The van der Waals surface area contributed by atoms with Gasteiger partial charge in [0.05, 0.1) is 23.8 Å². The number of halogens is 1. The maximum absolute atomic E-state index is 12.1. The first-order valence-corrected chi connectivity index (χ1v) is 7.07. The van der Waals surface area contributed by atoms with Crippen LogP contribution in [0.25, 0.3) is 0 Å². The predicted molar refractivity (Wildman–Crippen MR) is 82.0 cm³/mol. The summed E-state index contributed by atoms with van der Waals surface area (Å²) in [5, 5.41) is 3.25. The maximum atomic E-state index is 12.1. The van der Waals surface area contributed by atoms with Gasteiger partial charge < -0.3 is 15.6 Å². The minimum atomic E-state index is -0.0957.